The van der Waals surface area contributed by atoms with Crippen LogP contribution in [0, 0.1) is 11.3 Å². The van der Waals surface area contributed by atoms with Gasteiger partial charge in [0.1, 0.15) is 11.9 Å². The molecule has 0 saturated carbocycles. The topological polar surface area (TPSA) is 108 Å². The number of allylic oxidation sites excluding steroid dienone is 1. The maximum absolute atomic E-state index is 11.0. The average molecular weight is 377 g/mol. The van der Waals surface area contributed by atoms with Gasteiger partial charge in [0, 0.05) is 0 Å². The van der Waals surface area contributed by atoms with Gasteiger partial charge >= 0.3 is 5.97 Å². The number of ether oxygens (including phenoxy) is 2. The minimum Gasteiger partial charge on any atom is -0.490 e. The summed E-state index contributed by atoms with van der Waals surface area (Å²) in [5, 5.41) is 18.6. The van der Waals surface area contributed by atoms with Crippen LogP contribution in [0.1, 0.15) is 25.2 Å². The van der Waals surface area contributed by atoms with Crippen molar-refractivity contribution >= 4 is 28.7 Å². The van der Waals surface area contributed by atoms with Crippen LogP contribution in [0.3, 0.4) is 0 Å². The summed E-state index contributed by atoms with van der Waals surface area (Å²) in [5.74, 6) is 0.145. The monoisotopic (exact) mass is 377 g/mol. The number of nitriles is 1. The lowest BCUT2D eigenvalue weighted by molar-refractivity contribution is -0.144. The summed E-state index contributed by atoms with van der Waals surface area (Å²) in [4.78, 5) is 18.6. The number of imidazole rings is 1. The largest absolute Gasteiger partial charge is 0.490 e. The molecule has 3 aromatic rings. The molecule has 0 spiro atoms. The number of benzene rings is 2. The zero-order chi connectivity index (χ0) is 20.1. The van der Waals surface area contributed by atoms with Gasteiger partial charge in [-0.3, -0.25) is 0 Å². The van der Waals surface area contributed by atoms with E-state index >= 15 is 0 Å². The van der Waals surface area contributed by atoms with Crippen LogP contribution in [0.4, 0.5) is 0 Å². The van der Waals surface area contributed by atoms with Crippen molar-refractivity contribution in [3.8, 4) is 17.6 Å². The lowest BCUT2D eigenvalue weighted by Gasteiger charge is -2.15. The number of aromatic amines is 1. The minimum absolute atomic E-state index is 0.330. The molecule has 142 valence electrons. The van der Waals surface area contributed by atoms with E-state index < -0.39 is 12.1 Å². The summed E-state index contributed by atoms with van der Waals surface area (Å²) in [6, 6.07) is 14.8. The molecule has 0 aliphatic heterocycles. The van der Waals surface area contributed by atoms with E-state index in [0.717, 1.165) is 11.0 Å². The van der Waals surface area contributed by atoms with E-state index in [-0.39, 0.29) is 0 Å². The van der Waals surface area contributed by atoms with Crippen molar-refractivity contribution in [2.75, 3.05) is 6.61 Å². The number of para-hydroxylation sites is 2. The summed E-state index contributed by atoms with van der Waals surface area (Å²) >= 11 is 0. The van der Waals surface area contributed by atoms with Crippen molar-refractivity contribution in [2.45, 2.75) is 20.0 Å². The summed E-state index contributed by atoms with van der Waals surface area (Å²) in [7, 11) is 0. The van der Waals surface area contributed by atoms with Crippen molar-refractivity contribution in [1.29, 1.82) is 5.26 Å². The summed E-state index contributed by atoms with van der Waals surface area (Å²) in [6.45, 7) is 3.66. The first-order chi connectivity index (χ1) is 13.5. The van der Waals surface area contributed by atoms with Gasteiger partial charge in [-0.2, -0.15) is 5.26 Å². The molecular formula is C21H19N3O4. The second kappa shape index (κ2) is 8.27. The zero-order valence-corrected chi connectivity index (χ0v) is 15.5. The number of hydrogen-bond acceptors (Lipinski definition) is 5. The maximum atomic E-state index is 11.0. The molecule has 0 amide bonds. The number of H-pyrrole nitrogens is 1. The van der Waals surface area contributed by atoms with Gasteiger partial charge in [0.2, 0.25) is 0 Å². The van der Waals surface area contributed by atoms with E-state index in [1.54, 1.807) is 24.3 Å². The lowest BCUT2D eigenvalue weighted by atomic mass is 10.1. The van der Waals surface area contributed by atoms with Crippen molar-refractivity contribution in [3.63, 3.8) is 0 Å². The van der Waals surface area contributed by atoms with Gasteiger partial charge in [0.15, 0.2) is 17.6 Å². The lowest BCUT2D eigenvalue weighted by Crippen LogP contribution is -2.23. The van der Waals surface area contributed by atoms with Gasteiger partial charge in [-0.05, 0) is 49.8 Å². The Kier molecular flexibility index (Phi) is 5.61. The molecule has 0 aliphatic carbocycles. The Hall–Kier alpha value is -3.79. The zero-order valence-electron chi connectivity index (χ0n) is 15.5. The molecule has 0 fully saturated rings. The quantitative estimate of drug-likeness (QED) is 0.605. The van der Waals surface area contributed by atoms with Crippen LogP contribution in [0.5, 0.6) is 11.5 Å². The van der Waals surface area contributed by atoms with Crippen LogP contribution in [-0.4, -0.2) is 33.8 Å². The molecule has 1 unspecified atom stereocenters. The highest BCUT2D eigenvalue weighted by Gasteiger charge is 2.16. The molecule has 1 heterocycles. The van der Waals surface area contributed by atoms with Gasteiger partial charge in [-0.1, -0.05) is 18.2 Å². The SMILES string of the molecule is CCOc1cc(C=C(C#N)c2nc3ccccc3[nH]2)ccc1OC(C)C(=O)O. The van der Waals surface area contributed by atoms with Gasteiger partial charge in [-0.25, -0.2) is 9.78 Å². The van der Waals surface area contributed by atoms with Gasteiger partial charge in [0.05, 0.1) is 23.2 Å². The first kappa shape index (κ1) is 19.0. The van der Waals surface area contributed by atoms with Crippen molar-refractivity contribution in [2.24, 2.45) is 0 Å². The number of hydrogen-bond donors (Lipinski definition) is 2. The third-order valence-corrected chi connectivity index (χ3v) is 4.00. The molecule has 0 bridgehead atoms. The van der Waals surface area contributed by atoms with E-state index in [1.807, 2.05) is 31.2 Å². The number of carboxylic acids is 1. The fourth-order valence-electron chi connectivity index (χ4n) is 2.62. The average Bonchev–Trinajstić information content (AvgIpc) is 3.12. The first-order valence-electron chi connectivity index (χ1n) is 8.75. The molecular weight excluding hydrogens is 358 g/mol. The van der Waals surface area contributed by atoms with Gasteiger partial charge in [0.25, 0.3) is 0 Å². The minimum atomic E-state index is -1.07. The van der Waals surface area contributed by atoms with Crippen molar-refractivity contribution < 1.29 is 19.4 Å². The van der Waals surface area contributed by atoms with Crippen LogP contribution >= 0.6 is 0 Å². The molecule has 1 atom stereocenters. The number of aromatic nitrogens is 2. The molecule has 7 nitrogen and oxygen atoms in total. The summed E-state index contributed by atoms with van der Waals surface area (Å²) in [6.07, 6.45) is 0.677. The number of carboxylic acid groups (broad SMARTS) is 1. The van der Waals surface area contributed by atoms with Crippen LogP contribution < -0.4 is 9.47 Å². The second-order valence-electron chi connectivity index (χ2n) is 6.01. The van der Waals surface area contributed by atoms with Crippen LogP contribution in [-0.2, 0) is 4.79 Å². The molecule has 2 N–H and O–H groups in total. The number of nitrogens with zero attached hydrogens (tertiary/aromatic N) is 2. The summed E-state index contributed by atoms with van der Waals surface area (Å²) < 4.78 is 11.0. The van der Waals surface area contributed by atoms with Crippen LogP contribution in [0.25, 0.3) is 22.7 Å². The third kappa shape index (κ3) is 4.13. The normalized spacial score (nSPS) is 12.4. The number of aliphatic carboxylic acids is 1. The Bertz CT molecular complexity index is 1050. The molecule has 3 rings (SSSR count). The highest BCUT2D eigenvalue weighted by Crippen LogP contribution is 2.31. The number of fused-ring (bicyclic) bond motifs is 1. The van der Waals surface area contributed by atoms with Gasteiger partial charge in [-0.15, -0.1) is 0 Å². The Morgan fingerprint density at radius 1 is 1.32 bits per heavy atom. The predicted octanol–water partition coefficient (Wildman–Crippen LogP) is 3.88. The third-order valence-electron chi connectivity index (χ3n) is 4.00. The Balaban J connectivity index is 1.95. The standard InChI is InChI=1S/C21H19N3O4/c1-3-27-19-11-14(8-9-18(19)28-13(2)21(25)26)10-15(12-22)20-23-16-6-4-5-7-17(16)24-20/h4-11,13H,3H2,1-2H3,(H,23,24)(H,25,26). The summed E-state index contributed by atoms with van der Waals surface area (Å²) in [5.41, 5.74) is 2.70. The van der Waals surface area contributed by atoms with E-state index in [0.29, 0.717) is 35.1 Å². The van der Waals surface area contributed by atoms with Crippen molar-refractivity contribution in [1.82, 2.24) is 9.97 Å². The Labute approximate surface area is 161 Å². The first-order valence-corrected chi connectivity index (χ1v) is 8.75. The van der Waals surface area contributed by atoms with E-state index in [9.17, 15) is 10.1 Å². The van der Waals surface area contributed by atoms with Crippen LogP contribution in [0.15, 0.2) is 42.5 Å². The smallest absolute Gasteiger partial charge is 0.344 e. The highest BCUT2D eigenvalue weighted by atomic mass is 16.5. The molecule has 2 aromatic carbocycles. The highest BCUT2D eigenvalue weighted by molar-refractivity contribution is 5.90. The molecule has 7 heteroatoms. The van der Waals surface area contributed by atoms with E-state index in [4.69, 9.17) is 14.6 Å². The van der Waals surface area contributed by atoms with Gasteiger partial charge < -0.3 is 19.6 Å². The van der Waals surface area contributed by atoms with Crippen molar-refractivity contribution in [3.05, 3.63) is 53.9 Å². The maximum Gasteiger partial charge on any atom is 0.344 e. The van der Waals surface area contributed by atoms with E-state index in [2.05, 4.69) is 16.0 Å². The second-order valence-corrected chi connectivity index (χ2v) is 6.01. The Morgan fingerprint density at radius 2 is 2.11 bits per heavy atom. The fourth-order valence-corrected chi connectivity index (χ4v) is 2.62. The number of rotatable bonds is 7. The molecule has 0 saturated heterocycles. The molecule has 28 heavy (non-hydrogen) atoms. The van der Waals surface area contributed by atoms with Crippen LogP contribution in [0.2, 0.25) is 0 Å². The fraction of sp³-hybridized carbons (Fsp3) is 0.190. The number of nitrogens with one attached hydrogen (secondary N) is 1. The predicted molar refractivity (Wildman–Crippen MR) is 105 cm³/mol. The molecule has 0 radical (unpaired) electrons. The molecule has 0 aliphatic rings. The molecule has 1 aromatic heterocycles. The number of carbonyl (C=O) groups is 1. The van der Waals surface area contributed by atoms with E-state index in [1.165, 1.54) is 6.92 Å². The Morgan fingerprint density at radius 3 is 2.79 bits per heavy atom.